The Balaban J connectivity index is 2.59. The minimum absolute atomic E-state index is 0.0306. The van der Waals surface area contributed by atoms with Gasteiger partial charge >= 0.3 is 5.97 Å². The zero-order chi connectivity index (χ0) is 14.3. The highest BCUT2D eigenvalue weighted by atomic mass is 35.5. The molecule has 1 aromatic carbocycles. The van der Waals surface area contributed by atoms with Crippen molar-refractivity contribution in [2.24, 2.45) is 0 Å². The molecule has 0 aliphatic carbocycles. The maximum Gasteiger partial charge on any atom is 0.337 e. The van der Waals surface area contributed by atoms with Crippen LogP contribution in [0.15, 0.2) is 29.3 Å². The number of amides is 2. The van der Waals surface area contributed by atoms with E-state index in [2.05, 4.69) is 0 Å². The molecule has 0 spiro atoms. The number of hydrogen-bond donors (Lipinski definition) is 1. The summed E-state index contributed by atoms with van der Waals surface area (Å²) in [6.07, 6.45) is 0. The van der Waals surface area contributed by atoms with Crippen LogP contribution in [0, 0.1) is 0 Å². The SMILES string of the molecule is CC1=C(C)C(=O)N(c2ccc(Cl)cc2C(=O)O)C1=O. The lowest BCUT2D eigenvalue weighted by atomic mass is 10.1. The Morgan fingerprint density at radius 1 is 1.16 bits per heavy atom. The van der Waals surface area contributed by atoms with E-state index in [-0.39, 0.29) is 16.3 Å². The van der Waals surface area contributed by atoms with E-state index in [0.29, 0.717) is 11.1 Å². The number of carboxylic acids is 1. The molecule has 2 amide bonds. The summed E-state index contributed by atoms with van der Waals surface area (Å²) in [6.45, 7) is 3.07. The minimum atomic E-state index is -1.25. The Morgan fingerprint density at radius 3 is 2.16 bits per heavy atom. The number of rotatable bonds is 2. The zero-order valence-electron chi connectivity index (χ0n) is 10.2. The topological polar surface area (TPSA) is 74.7 Å². The molecule has 1 N–H and O–H groups in total. The summed E-state index contributed by atoms with van der Waals surface area (Å²) >= 11 is 5.74. The van der Waals surface area contributed by atoms with Gasteiger partial charge in [0.15, 0.2) is 0 Å². The Morgan fingerprint density at radius 2 is 1.68 bits per heavy atom. The number of nitrogens with zero attached hydrogens (tertiary/aromatic N) is 1. The van der Waals surface area contributed by atoms with Crippen molar-refractivity contribution in [3.8, 4) is 0 Å². The average molecular weight is 280 g/mol. The lowest BCUT2D eigenvalue weighted by Crippen LogP contribution is -2.32. The van der Waals surface area contributed by atoms with Crippen LogP contribution in [0.5, 0.6) is 0 Å². The molecule has 0 radical (unpaired) electrons. The van der Waals surface area contributed by atoms with Gasteiger partial charge in [-0.1, -0.05) is 11.6 Å². The van der Waals surface area contributed by atoms with Gasteiger partial charge < -0.3 is 5.11 Å². The van der Waals surface area contributed by atoms with Crippen molar-refractivity contribution in [3.05, 3.63) is 39.9 Å². The third-order valence-corrected chi connectivity index (χ3v) is 3.28. The Kier molecular flexibility index (Phi) is 3.16. The second kappa shape index (κ2) is 4.51. The molecule has 98 valence electrons. The summed E-state index contributed by atoms with van der Waals surface area (Å²) < 4.78 is 0. The molecule has 0 bridgehead atoms. The molecule has 2 rings (SSSR count). The largest absolute Gasteiger partial charge is 0.478 e. The normalized spacial score (nSPS) is 15.4. The molecule has 1 aliphatic rings. The van der Waals surface area contributed by atoms with Gasteiger partial charge in [-0.05, 0) is 32.0 Å². The van der Waals surface area contributed by atoms with Crippen LogP contribution in [0.4, 0.5) is 5.69 Å². The number of carbonyl (C=O) groups excluding carboxylic acids is 2. The first kappa shape index (κ1) is 13.3. The van der Waals surface area contributed by atoms with E-state index in [4.69, 9.17) is 16.7 Å². The molecule has 5 nitrogen and oxygen atoms in total. The summed E-state index contributed by atoms with van der Waals surface area (Å²) in [6, 6.07) is 4.00. The lowest BCUT2D eigenvalue weighted by Gasteiger charge is -2.17. The standard InChI is InChI=1S/C13H10ClNO4/c1-6-7(2)12(17)15(11(6)16)10-4-3-8(14)5-9(10)13(18)19/h3-5H,1-2H3,(H,18,19). The number of benzene rings is 1. The predicted octanol–water partition coefficient (Wildman–Crippen LogP) is 2.25. The van der Waals surface area contributed by atoms with Gasteiger partial charge in [-0.25, -0.2) is 9.69 Å². The molecule has 0 atom stereocenters. The molecular formula is C13H10ClNO4. The van der Waals surface area contributed by atoms with Gasteiger partial charge in [0.25, 0.3) is 11.8 Å². The summed E-state index contributed by atoms with van der Waals surface area (Å²) in [4.78, 5) is 36.1. The second-order valence-electron chi connectivity index (χ2n) is 4.16. The van der Waals surface area contributed by atoms with Gasteiger partial charge in [0.2, 0.25) is 0 Å². The maximum atomic E-state index is 12.0. The first-order valence-electron chi connectivity index (χ1n) is 5.43. The number of carboxylic acid groups (broad SMARTS) is 1. The molecule has 6 heteroatoms. The van der Waals surface area contributed by atoms with Crippen molar-refractivity contribution in [1.82, 2.24) is 0 Å². The van der Waals surface area contributed by atoms with Crippen LogP contribution in [0.3, 0.4) is 0 Å². The Bertz CT molecular complexity index is 624. The predicted molar refractivity (Wildman–Crippen MR) is 69.3 cm³/mol. The Labute approximate surface area is 114 Å². The first-order valence-corrected chi connectivity index (χ1v) is 5.81. The monoisotopic (exact) mass is 279 g/mol. The molecule has 0 fully saturated rings. The lowest BCUT2D eigenvalue weighted by molar-refractivity contribution is -0.120. The van der Waals surface area contributed by atoms with Gasteiger partial charge in [0.1, 0.15) is 0 Å². The third kappa shape index (κ3) is 2.02. The number of aromatic carboxylic acids is 1. The highest BCUT2D eigenvalue weighted by Gasteiger charge is 2.36. The van der Waals surface area contributed by atoms with E-state index in [0.717, 1.165) is 4.90 Å². The first-order chi connectivity index (χ1) is 8.84. The second-order valence-corrected chi connectivity index (χ2v) is 4.60. The van der Waals surface area contributed by atoms with Crippen molar-refractivity contribution in [1.29, 1.82) is 0 Å². The fourth-order valence-electron chi connectivity index (χ4n) is 1.84. The Hall–Kier alpha value is -2.14. The fraction of sp³-hybridized carbons (Fsp3) is 0.154. The number of carbonyl (C=O) groups is 3. The number of anilines is 1. The van der Waals surface area contributed by atoms with E-state index in [1.807, 2.05) is 0 Å². The van der Waals surface area contributed by atoms with Crippen LogP contribution >= 0.6 is 11.6 Å². The summed E-state index contributed by atoms with van der Waals surface area (Å²) in [5, 5.41) is 9.36. The van der Waals surface area contributed by atoms with Gasteiger partial charge in [-0.15, -0.1) is 0 Å². The molecule has 1 heterocycles. The fourth-order valence-corrected chi connectivity index (χ4v) is 2.01. The van der Waals surface area contributed by atoms with E-state index >= 15 is 0 Å². The van der Waals surface area contributed by atoms with Crippen LogP contribution in [0.1, 0.15) is 24.2 Å². The average Bonchev–Trinajstić information content (AvgIpc) is 2.54. The van der Waals surface area contributed by atoms with E-state index in [1.165, 1.54) is 32.0 Å². The van der Waals surface area contributed by atoms with E-state index in [9.17, 15) is 14.4 Å². The van der Waals surface area contributed by atoms with Crippen LogP contribution < -0.4 is 4.90 Å². The maximum absolute atomic E-state index is 12.0. The summed E-state index contributed by atoms with van der Waals surface area (Å²) in [5.74, 6) is -2.26. The zero-order valence-corrected chi connectivity index (χ0v) is 11.0. The van der Waals surface area contributed by atoms with Gasteiger partial charge in [0, 0.05) is 16.2 Å². The quantitative estimate of drug-likeness (QED) is 0.843. The summed E-state index contributed by atoms with van der Waals surface area (Å²) in [5.41, 5.74) is 0.479. The van der Waals surface area contributed by atoms with Crippen LogP contribution in [-0.4, -0.2) is 22.9 Å². The third-order valence-electron chi connectivity index (χ3n) is 3.04. The smallest absolute Gasteiger partial charge is 0.337 e. The van der Waals surface area contributed by atoms with Crippen molar-refractivity contribution in [3.63, 3.8) is 0 Å². The highest BCUT2D eigenvalue weighted by molar-refractivity contribution is 6.34. The van der Waals surface area contributed by atoms with E-state index < -0.39 is 17.8 Å². The van der Waals surface area contributed by atoms with Crippen molar-refractivity contribution in [2.45, 2.75) is 13.8 Å². The van der Waals surface area contributed by atoms with Gasteiger partial charge in [0.05, 0.1) is 11.3 Å². The van der Waals surface area contributed by atoms with Crippen LogP contribution in [0.2, 0.25) is 5.02 Å². The highest BCUT2D eigenvalue weighted by Crippen LogP contribution is 2.31. The van der Waals surface area contributed by atoms with Crippen LogP contribution in [-0.2, 0) is 9.59 Å². The van der Waals surface area contributed by atoms with Gasteiger partial charge in [-0.3, -0.25) is 9.59 Å². The van der Waals surface area contributed by atoms with E-state index in [1.54, 1.807) is 0 Å². The molecule has 0 unspecified atom stereocenters. The minimum Gasteiger partial charge on any atom is -0.478 e. The molecule has 0 saturated heterocycles. The van der Waals surface area contributed by atoms with Gasteiger partial charge in [-0.2, -0.15) is 0 Å². The molecule has 19 heavy (non-hydrogen) atoms. The summed E-state index contributed by atoms with van der Waals surface area (Å²) in [7, 11) is 0. The molecule has 0 aromatic heterocycles. The molecule has 1 aromatic rings. The molecular weight excluding hydrogens is 270 g/mol. The van der Waals surface area contributed by atoms with Crippen LogP contribution in [0.25, 0.3) is 0 Å². The van der Waals surface area contributed by atoms with Crippen molar-refractivity contribution >= 4 is 35.1 Å². The number of imide groups is 1. The number of hydrogen-bond acceptors (Lipinski definition) is 3. The number of halogens is 1. The van der Waals surface area contributed by atoms with Crippen molar-refractivity contribution in [2.75, 3.05) is 4.90 Å². The molecule has 0 saturated carbocycles. The van der Waals surface area contributed by atoms with Crippen molar-refractivity contribution < 1.29 is 19.5 Å². The molecule has 1 aliphatic heterocycles.